The predicted molar refractivity (Wildman–Crippen MR) is 67.8 cm³/mol. The van der Waals surface area contributed by atoms with Crippen LogP contribution < -0.4 is 0 Å². The van der Waals surface area contributed by atoms with Crippen molar-refractivity contribution in [2.75, 3.05) is 6.61 Å². The van der Waals surface area contributed by atoms with E-state index in [1.165, 1.54) is 10.9 Å². The second kappa shape index (κ2) is 5.04. The molecule has 0 radical (unpaired) electrons. The van der Waals surface area contributed by atoms with E-state index < -0.39 is 0 Å². The lowest BCUT2D eigenvalue weighted by Gasteiger charge is -2.09. The van der Waals surface area contributed by atoms with Gasteiger partial charge in [-0.25, -0.2) is 0 Å². The van der Waals surface area contributed by atoms with Crippen LogP contribution in [0.5, 0.6) is 0 Å². The number of hydrogen-bond donors (Lipinski definition) is 1. The average Bonchev–Trinajstić information content (AvgIpc) is 2.73. The van der Waals surface area contributed by atoms with E-state index in [2.05, 4.69) is 11.1 Å². The number of para-hydroxylation sites is 1. The number of esters is 1. The molecule has 0 aliphatic rings. The maximum absolute atomic E-state index is 11.6. The van der Waals surface area contributed by atoms with Gasteiger partial charge in [-0.15, -0.1) is 0 Å². The quantitative estimate of drug-likeness (QED) is 0.822. The summed E-state index contributed by atoms with van der Waals surface area (Å²) in [5, 5.41) is 1.18. The highest BCUT2D eigenvalue weighted by Gasteiger charge is 2.16. The maximum Gasteiger partial charge on any atom is 0.308 e. The highest BCUT2D eigenvalue weighted by Crippen LogP contribution is 2.21. The van der Waals surface area contributed by atoms with Crippen LogP contribution in [-0.2, 0) is 16.0 Å². The van der Waals surface area contributed by atoms with Crippen molar-refractivity contribution >= 4 is 16.9 Å². The molecule has 17 heavy (non-hydrogen) atoms. The van der Waals surface area contributed by atoms with E-state index in [0.717, 1.165) is 5.52 Å². The van der Waals surface area contributed by atoms with Crippen molar-refractivity contribution in [3.63, 3.8) is 0 Å². The largest absolute Gasteiger partial charge is 0.466 e. The first kappa shape index (κ1) is 11.7. The molecule has 0 aliphatic heterocycles. The van der Waals surface area contributed by atoms with Crippen molar-refractivity contribution in [2.45, 2.75) is 20.3 Å². The molecule has 0 saturated carbocycles. The lowest BCUT2D eigenvalue weighted by Crippen LogP contribution is -2.16. The highest BCUT2D eigenvalue weighted by atomic mass is 16.5. The zero-order chi connectivity index (χ0) is 12.3. The average molecular weight is 231 g/mol. The van der Waals surface area contributed by atoms with Crippen LogP contribution in [0.1, 0.15) is 19.4 Å². The van der Waals surface area contributed by atoms with Gasteiger partial charge in [0.25, 0.3) is 0 Å². The molecule has 3 nitrogen and oxygen atoms in total. The van der Waals surface area contributed by atoms with Crippen LogP contribution >= 0.6 is 0 Å². The minimum atomic E-state index is -0.127. The van der Waals surface area contributed by atoms with Gasteiger partial charge in [0.1, 0.15) is 0 Å². The summed E-state index contributed by atoms with van der Waals surface area (Å²) >= 11 is 0. The van der Waals surface area contributed by atoms with Crippen LogP contribution in [0.15, 0.2) is 30.5 Å². The van der Waals surface area contributed by atoms with E-state index in [4.69, 9.17) is 4.74 Å². The molecule has 90 valence electrons. The van der Waals surface area contributed by atoms with Crippen molar-refractivity contribution < 1.29 is 9.53 Å². The van der Waals surface area contributed by atoms with E-state index in [0.29, 0.717) is 13.0 Å². The number of benzene rings is 1. The van der Waals surface area contributed by atoms with Crippen LogP contribution in [0.4, 0.5) is 0 Å². The molecule has 1 N–H and O–H groups in total. The van der Waals surface area contributed by atoms with E-state index in [1.807, 2.05) is 38.2 Å². The van der Waals surface area contributed by atoms with E-state index >= 15 is 0 Å². The molecular formula is C14H17NO2. The third-order valence-electron chi connectivity index (χ3n) is 2.89. The highest BCUT2D eigenvalue weighted by molar-refractivity contribution is 5.83. The van der Waals surface area contributed by atoms with Gasteiger partial charge >= 0.3 is 5.97 Å². The number of rotatable bonds is 4. The molecule has 1 aromatic heterocycles. The van der Waals surface area contributed by atoms with E-state index in [-0.39, 0.29) is 11.9 Å². The SMILES string of the molecule is CCOC(=O)C(C)Cc1c[nH]c2ccccc12. The second-order valence-electron chi connectivity index (χ2n) is 4.22. The van der Waals surface area contributed by atoms with Crippen LogP contribution in [0.3, 0.4) is 0 Å². The fourth-order valence-electron chi connectivity index (χ4n) is 2.00. The van der Waals surface area contributed by atoms with Gasteiger partial charge in [0.05, 0.1) is 12.5 Å². The van der Waals surface area contributed by atoms with Crippen molar-refractivity contribution in [3.05, 3.63) is 36.0 Å². The summed E-state index contributed by atoms with van der Waals surface area (Å²) in [6.07, 6.45) is 2.68. The molecule has 1 aromatic carbocycles. The number of carbonyl (C=O) groups is 1. The fraction of sp³-hybridized carbons (Fsp3) is 0.357. The zero-order valence-corrected chi connectivity index (χ0v) is 10.2. The van der Waals surface area contributed by atoms with Gasteiger partial charge < -0.3 is 9.72 Å². The lowest BCUT2D eigenvalue weighted by molar-refractivity contribution is -0.147. The number of nitrogens with one attached hydrogen (secondary N) is 1. The standard InChI is InChI=1S/C14H17NO2/c1-3-17-14(16)10(2)8-11-9-15-13-7-5-4-6-12(11)13/h4-7,9-10,15H,3,8H2,1-2H3. The van der Waals surface area contributed by atoms with Gasteiger partial charge in [-0.05, 0) is 25.0 Å². The third kappa shape index (κ3) is 2.49. The van der Waals surface area contributed by atoms with Gasteiger partial charge in [0.2, 0.25) is 0 Å². The van der Waals surface area contributed by atoms with Gasteiger partial charge in [-0.2, -0.15) is 0 Å². The summed E-state index contributed by atoms with van der Waals surface area (Å²) in [4.78, 5) is 14.8. The Hall–Kier alpha value is -1.77. The van der Waals surface area contributed by atoms with Crippen molar-refractivity contribution in [1.29, 1.82) is 0 Å². The molecule has 0 spiro atoms. The Labute approximate surface area is 101 Å². The van der Waals surface area contributed by atoms with Crippen LogP contribution in [-0.4, -0.2) is 17.6 Å². The summed E-state index contributed by atoms with van der Waals surface area (Å²) < 4.78 is 5.02. The molecular weight excluding hydrogens is 214 g/mol. The Morgan fingerprint density at radius 1 is 1.41 bits per heavy atom. The molecule has 2 rings (SSSR count). The van der Waals surface area contributed by atoms with Gasteiger partial charge in [-0.3, -0.25) is 4.79 Å². The Bertz CT molecular complexity index is 516. The number of ether oxygens (including phenoxy) is 1. The minimum Gasteiger partial charge on any atom is -0.466 e. The molecule has 2 aromatic rings. The second-order valence-corrected chi connectivity index (χ2v) is 4.22. The van der Waals surface area contributed by atoms with Gasteiger partial charge in [-0.1, -0.05) is 25.1 Å². The normalized spacial score (nSPS) is 12.6. The molecule has 0 saturated heterocycles. The van der Waals surface area contributed by atoms with Gasteiger partial charge in [0.15, 0.2) is 0 Å². The summed E-state index contributed by atoms with van der Waals surface area (Å²) in [7, 11) is 0. The summed E-state index contributed by atoms with van der Waals surface area (Å²) in [6.45, 7) is 4.17. The van der Waals surface area contributed by atoms with Crippen molar-refractivity contribution in [3.8, 4) is 0 Å². The number of hydrogen-bond acceptors (Lipinski definition) is 2. The zero-order valence-electron chi connectivity index (χ0n) is 10.2. The molecule has 0 bridgehead atoms. The molecule has 0 amide bonds. The third-order valence-corrected chi connectivity index (χ3v) is 2.89. The monoisotopic (exact) mass is 231 g/mol. The molecule has 1 unspecified atom stereocenters. The van der Waals surface area contributed by atoms with Gasteiger partial charge in [0, 0.05) is 17.1 Å². The summed E-state index contributed by atoms with van der Waals surface area (Å²) in [5.41, 5.74) is 2.28. The summed E-state index contributed by atoms with van der Waals surface area (Å²) in [6, 6.07) is 8.11. The van der Waals surface area contributed by atoms with E-state index in [9.17, 15) is 4.79 Å². The number of carbonyl (C=O) groups excluding carboxylic acids is 1. The molecule has 1 heterocycles. The molecule has 1 atom stereocenters. The van der Waals surface area contributed by atoms with E-state index in [1.54, 1.807) is 0 Å². The van der Waals surface area contributed by atoms with Crippen LogP contribution in [0.25, 0.3) is 10.9 Å². The maximum atomic E-state index is 11.6. The number of aromatic nitrogens is 1. The number of fused-ring (bicyclic) bond motifs is 1. The predicted octanol–water partition coefficient (Wildman–Crippen LogP) is 2.91. The molecule has 0 fully saturated rings. The first-order valence-corrected chi connectivity index (χ1v) is 5.94. The Kier molecular flexibility index (Phi) is 3.47. The Morgan fingerprint density at radius 2 is 2.18 bits per heavy atom. The number of H-pyrrole nitrogens is 1. The van der Waals surface area contributed by atoms with Crippen LogP contribution in [0, 0.1) is 5.92 Å². The smallest absolute Gasteiger partial charge is 0.308 e. The Morgan fingerprint density at radius 3 is 2.94 bits per heavy atom. The summed E-state index contributed by atoms with van der Waals surface area (Å²) in [5.74, 6) is -0.230. The minimum absolute atomic E-state index is 0.103. The topological polar surface area (TPSA) is 42.1 Å². The fourth-order valence-corrected chi connectivity index (χ4v) is 2.00. The Balaban J connectivity index is 2.16. The molecule has 0 aliphatic carbocycles. The van der Waals surface area contributed by atoms with Crippen molar-refractivity contribution in [1.82, 2.24) is 4.98 Å². The lowest BCUT2D eigenvalue weighted by atomic mass is 10.0. The first-order valence-electron chi connectivity index (χ1n) is 5.94. The molecule has 3 heteroatoms. The van der Waals surface area contributed by atoms with Crippen molar-refractivity contribution in [2.24, 2.45) is 5.92 Å². The first-order chi connectivity index (χ1) is 8.22. The number of aromatic amines is 1. The van der Waals surface area contributed by atoms with Crippen LogP contribution in [0.2, 0.25) is 0 Å².